The molecule has 6 heteroatoms. The van der Waals surface area contributed by atoms with Gasteiger partial charge >= 0.3 is 0 Å². The number of thiophene rings is 1. The van der Waals surface area contributed by atoms with Crippen molar-refractivity contribution in [2.75, 3.05) is 13.1 Å². The molecular formula is C25H31N3O2S. The third kappa shape index (κ3) is 4.69. The van der Waals surface area contributed by atoms with Crippen LogP contribution in [-0.4, -0.2) is 40.4 Å². The van der Waals surface area contributed by atoms with Gasteiger partial charge in [0.1, 0.15) is 5.69 Å². The van der Waals surface area contributed by atoms with E-state index in [2.05, 4.69) is 47.3 Å². The third-order valence-corrected chi connectivity index (χ3v) is 7.23. The largest absolute Gasteiger partial charge is 0.353 e. The lowest BCUT2D eigenvalue weighted by Gasteiger charge is -2.32. The molecule has 0 aliphatic carbocycles. The number of nitrogens with zero attached hydrogens (tertiary/aromatic N) is 2. The average Bonchev–Trinajstić information content (AvgIpc) is 3.40. The zero-order valence-electron chi connectivity index (χ0n) is 18.3. The summed E-state index contributed by atoms with van der Waals surface area (Å²) in [5.41, 5.74) is 3.14. The second kappa shape index (κ2) is 9.69. The number of piperidine rings is 1. The summed E-state index contributed by atoms with van der Waals surface area (Å²) in [4.78, 5) is 27.9. The molecule has 2 aromatic heterocycles. The molecule has 164 valence electrons. The molecule has 3 heterocycles. The molecule has 1 aromatic carbocycles. The van der Waals surface area contributed by atoms with E-state index in [9.17, 15) is 9.59 Å². The molecule has 1 fully saturated rings. The first kappa shape index (κ1) is 21.6. The van der Waals surface area contributed by atoms with E-state index >= 15 is 0 Å². The molecule has 3 aromatic rings. The molecule has 0 bridgehead atoms. The number of benzene rings is 1. The Balaban J connectivity index is 1.33. The fraction of sp³-hybridized carbons (Fsp3) is 0.440. The van der Waals surface area contributed by atoms with Crippen LogP contribution in [0.3, 0.4) is 0 Å². The zero-order valence-corrected chi connectivity index (χ0v) is 19.2. The summed E-state index contributed by atoms with van der Waals surface area (Å²) in [7, 11) is 0. The molecule has 0 saturated carbocycles. The van der Waals surface area contributed by atoms with Crippen molar-refractivity contribution in [1.82, 2.24) is 14.8 Å². The van der Waals surface area contributed by atoms with Gasteiger partial charge in [-0.15, -0.1) is 11.3 Å². The second-order valence-electron chi connectivity index (χ2n) is 8.31. The summed E-state index contributed by atoms with van der Waals surface area (Å²) in [6.45, 7) is 6.23. The minimum Gasteiger partial charge on any atom is -0.353 e. The average molecular weight is 438 g/mol. The predicted molar refractivity (Wildman–Crippen MR) is 126 cm³/mol. The normalized spacial score (nSPS) is 15.9. The second-order valence-corrected chi connectivity index (χ2v) is 9.26. The number of rotatable bonds is 7. The van der Waals surface area contributed by atoms with E-state index in [1.54, 1.807) is 11.3 Å². The zero-order chi connectivity index (χ0) is 21.8. The summed E-state index contributed by atoms with van der Waals surface area (Å²) in [6.07, 6.45) is 3.20. The van der Waals surface area contributed by atoms with Gasteiger partial charge in [0.25, 0.3) is 5.91 Å². The fourth-order valence-corrected chi connectivity index (χ4v) is 5.34. The van der Waals surface area contributed by atoms with Crippen LogP contribution in [0.2, 0.25) is 0 Å². The maximum Gasteiger partial charge on any atom is 0.270 e. The van der Waals surface area contributed by atoms with Crippen LogP contribution in [0, 0.1) is 5.92 Å². The predicted octanol–water partition coefficient (Wildman–Crippen LogP) is 4.71. The summed E-state index contributed by atoms with van der Waals surface area (Å²) >= 11 is 1.67. The number of aromatic nitrogens is 1. The molecule has 2 amide bonds. The van der Waals surface area contributed by atoms with Crippen molar-refractivity contribution in [1.29, 1.82) is 0 Å². The van der Waals surface area contributed by atoms with Gasteiger partial charge in [-0.25, -0.2) is 0 Å². The number of aryl methyl sites for hydroxylation is 1. The number of carbonyl (C=O) groups excluding carboxylic acids is 2. The Morgan fingerprint density at radius 2 is 1.87 bits per heavy atom. The van der Waals surface area contributed by atoms with E-state index < -0.39 is 0 Å². The van der Waals surface area contributed by atoms with Crippen molar-refractivity contribution < 1.29 is 9.59 Å². The summed E-state index contributed by atoms with van der Waals surface area (Å²) < 4.78 is 3.26. The number of nitrogens with one attached hydrogen (secondary N) is 1. The van der Waals surface area contributed by atoms with E-state index in [1.807, 2.05) is 29.2 Å². The Morgan fingerprint density at radius 3 is 2.55 bits per heavy atom. The minimum absolute atomic E-state index is 0.0182. The standard InChI is InChI=1S/C25H31N3O2S/c1-3-20(16-18-8-6-5-7-9-18)26-24(29)19-10-13-27(14-11-19)25(30)22-17-23-21(12-15-31-23)28(22)4-2/h5-9,12,15,17,19-20H,3-4,10-11,13-14,16H2,1-2H3,(H,26,29). The molecule has 1 saturated heterocycles. The molecule has 4 rings (SSSR count). The topological polar surface area (TPSA) is 54.3 Å². The fourth-order valence-electron chi connectivity index (χ4n) is 4.52. The number of likely N-dealkylation sites (tertiary alicyclic amines) is 1. The third-order valence-electron chi connectivity index (χ3n) is 6.38. The maximum atomic E-state index is 13.2. The molecule has 1 aliphatic rings. The summed E-state index contributed by atoms with van der Waals surface area (Å²) in [6, 6.07) is 14.5. The molecule has 1 unspecified atom stereocenters. The van der Waals surface area contributed by atoms with Crippen molar-refractivity contribution >= 4 is 33.4 Å². The highest BCUT2D eigenvalue weighted by Gasteiger charge is 2.30. The molecule has 5 nitrogen and oxygen atoms in total. The molecule has 1 N–H and O–H groups in total. The highest BCUT2D eigenvalue weighted by molar-refractivity contribution is 7.17. The van der Waals surface area contributed by atoms with E-state index in [0.29, 0.717) is 13.1 Å². The van der Waals surface area contributed by atoms with Gasteiger partial charge in [-0.3, -0.25) is 9.59 Å². The lowest BCUT2D eigenvalue weighted by molar-refractivity contribution is -0.127. The van der Waals surface area contributed by atoms with Gasteiger partial charge in [0.2, 0.25) is 5.91 Å². The van der Waals surface area contributed by atoms with Gasteiger partial charge in [-0.2, -0.15) is 0 Å². The van der Waals surface area contributed by atoms with Gasteiger partial charge in [0, 0.05) is 31.6 Å². The Morgan fingerprint density at radius 1 is 1.13 bits per heavy atom. The summed E-state index contributed by atoms with van der Waals surface area (Å²) in [5, 5.41) is 5.31. The monoisotopic (exact) mass is 437 g/mol. The van der Waals surface area contributed by atoms with Gasteiger partial charge in [0.15, 0.2) is 0 Å². The first-order valence-corrected chi connectivity index (χ1v) is 12.2. The van der Waals surface area contributed by atoms with Crippen LogP contribution >= 0.6 is 11.3 Å². The van der Waals surface area contributed by atoms with Crippen molar-refractivity contribution in [3.8, 4) is 0 Å². The minimum atomic E-state index is -0.0182. The maximum absolute atomic E-state index is 13.2. The first-order valence-electron chi connectivity index (χ1n) is 11.3. The molecule has 0 radical (unpaired) electrons. The van der Waals surface area contributed by atoms with Crippen LogP contribution < -0.4 is 5.32 Å². The lowest BCUT2D eigenvalue weighted by atomic mass is 9.94. The van der Waals surface area contributed by atoms with E-state index in [-0.39, 0.29) is 23.8 Å². The molecule has 31 heavy (non-hydrogen) atoms. The van der Waals surface area contributed by atoms with Crippen LogP contribution in [-0.2, 0) is 17.8 Å². The molecule has 1 atom stereocenters. The van der Waals surface area contributed by atoms with Crippen molar-refractivity contribution in [2.45, 2.75) is 52.1 Å². The number of fused-ring (bicyclic) bond motifs is 1. The molecule has 1 aliphatic heterocycles. The Hall–Kier alpha value is -2.60. The van der Waals surface area contributed by atoms with Gasteiger partial charge in [0.05, 0.1) is 10.2 Å². The van der Waals surface area contributed by atoms with Crippen molar-refractivity contribution in [3.05, 3.63) is 59.1 Å². The van der Waals surface area contributed by atoms with Crippen LogP contribution in [0.25, 0.3) is 10.2 Å². The number of amides is 2. The number of hydrogen-bond acceptors (Lipinski definition) is 3. The van der Waals surface area contributed by atoms with Crippen LogP contribution in [0.4, 0.5) is 0 Å². The Kier molecular flexibility index (Phi) is 6.76. The van der Waals surface area contributed by atoms with E-state index in [1.165, 1.54) is 5.56 Å². The summed E-state index contributed by atoms with van der Waals surface area (Å²) in [5.74, 6) is 0.197. The molecule has 0 spiro atoms. The first-order chi connectivity index (χ1) is 15.1. The lowest BCUT2D eigenvalue weighted by Crippen LogP contribution is -2.46. The van der Waals surface area contributed by atoms with Crippen LogP contribution in [0.5, 0.6) is 0 Å². The number of hydrogen-bond donors (Lipinski definition) is 1. The highest BCUT2D eigenvalue weighted by atomic mass is 32.1. The van der Waals surface area contributed by atoms with Crippen molar-refractivity contribution in [3.63, 3.8) is 0 Å². The Labute approximate surface area is 188 Å². The van der Waals surface area contributed by atoms with E-state index in [4.69, 9.17) is 0 Å². The quantitative estimate of drug-likeness (QED) is 0.582. The van der Waals surface area contributed by atoms with Crippen LogP contribution in [0.1, 0.15) is 49.2 Å². The Bertz CT molecular complexity index is 1030. The van der Waals surface area contributed by atoms with E-state index in [0.717, 1.165) is 48.1 Å². The highest BCUT2D eigenvalue weighted by Crippen LogP contribution is 2.27. The van der Waals surface area contributed by atoms with Gasteiger partial charge < -0.3 is 14.8 Å². The smallest absolute Gasteiger partial charge is 0.270 e. The van der Waals surface area contributed by atoms with Crippen molar-refractivity contribution in [2.24, 2.45) is 5.92 Å². The van der Waals surface area contributed by atoms with Crippen LogP contribution in [0.15, 0.2) is 47.8 Å². The molecular weight excluding hydrogens is 406 g/mol. The number of carbonyl (C=O) groups is 2. The SMILES string of the molecule is CCC(Cc1ccccc1)NC(=O)C1CCN(C(=O)c2cc3sccc3n2CC)CC1. The van der Waals surface area contributed by atoms with Gasteiger partial charge in [-0.05, 0) is 55.7 Å². The van der Waals surface area contributed by atoms with Gasteiger partial charge in [-0.1, -0.05) is 37.3 Å².